The van der Waals surface area contributed by atoms with Gasteiger partial charge in [-0.2, -0.15) is 0 Å². The molecule has 3 N–H and O–H groups in total. The van der Waals surface area contributed by atoms with Gasteiger partial charge in [-0.05, 0) is 49.6 Å². The van der Waals surface area contributed by atoms with Crippen LogP contribution in [0.5, 0.6) is 28.7 Å². The number of carbonyl (C=O) groups is 2. The summed E-state index contributed by atoms with van der Waals surface area (Å²) in [5.74, 6) is -0.799. The molecule has 0 aliphatic rings. The van der Waals surface area contributed by atoms with E-state index in [0.717, 1.165) is 0 Å². The Balaban J connectivity index is 2.06. The zero-order valence-corrected chi connectivity index (χ0v) is 21.2. The molecular formula is C25H27ClN2O8. The molecule has 36 heavy (non-hydrogen) atoms. The number of rotatable bonds is 9. The number of aromatic nitrogens is 1. The Labute approximate surface area is 212 Å². The summed E-state index contributed by atoms with van der Waals surface area (Å²) in [6.45, 7) is 3.73. The quantitative estimate of drug-likeness (QED) is 0.282. The predicted molar refractivity (Wildman–Crippen MR) is 132 cm³/mol. The second-order valence-corrected chi connectivity index (χ2v) is 8.41. The number of phenolic OH excluding ortho intramolecular Hbond substituents is 1. The number of nitrogens with zero attached hydrogens (tertiary/aromatic N) is 1. The normalized spacial score (nSPS) is 11.8. The summed E-state index contributed by atoms with van der Waals surface area (Å²) >= 11 is 5.91. The molecule has 0 saturated carbocycles. The minimum absolute atomic E-state index is 0.0832. The second kappa shape index (κ2) is 11.2. The van der Waals surface area contributed by atoms with Crippen LogP contribution in [0.1, 0.15) is 42.4 Å². The van der Waals surface area contributed by atoms with Crippen LogP contribution in [0.3, 0.4) is 0 Å². The van der Waals surface area contributed by atoms with E-state index in [-0.39, 0.29) is 40.4 Å². The van der Waals surface area contributed by atoms with E-state index in [1.165, 1.54) is 45.6 Å². The zero-order valence-electron chi connectivity index (χ0n) is 20.4. The summed E-state index contributed by atoms with van der Waals surface area (Å²) < 4.78 is 21.6. The van der Waals surface area contributed by atoms with E-state index in [1.807, 2.05) is 13.8 Å². The van der Waals surface area contributed by atoms with Crippen molar-refractivity contribution in [3.63, 3.8) is 0 Å². The number of phenols is 1. The van der Waals surface area contributed by atoms with Crippen molar-refractivity contribution in [1.82, 2.24) is 10.3 Å². The first-order valence-electron chi connectivity index (χ1n) is 10.9. The number of benzene rings is 2. The van der Waals surface area contributed by atoms with Crippen LogP contribution in [0, 0.1) is 0 Å². The molecule has 0 spiro atoms. The highest BCUT2D eigenvalue weighted by Gasteiger charge is 2.25. The van der Waals surface area contributed by atoms with Crippen molar-refractivity contribution < 1.29 is 38.7 Å². The van der Waals surface area contributed by atoms with E-state index in [9.17, 15) is 19.8 Å². The maximum atomic E-state index is 13.3. The molecule has 2 aromatic carbocycles. The Kier molecular flexibility index (Phi) is 8.31. The van der Waals surface area contributed by atoms with Crippen molar-refractivity contribution in [3.05, 3.63) is 46.7 Å². The molecular weight excluding hydrogens is 492 g/mol. The van der Waals surface area contributed by atoms with Crippen molar-refractivity contribution in [2.75, 3.05) is 21.3 Å². The third-order valence-electron chi connectivity index (χ3n) is 5.26. The van der Waals surface area contributed by atoms with E-state index in [4.69, 9.17) is 30.5 Å². The van der Waals surface area contributed by atoms with Crippen molar-refractivity contribution in [2.45, 2.75) is 32.4 Å². The van der Waals surface area contributed by atoms with Gasteiger partial charge in [-0.25, -0.2) is 4.98 Å². The SMILES string of the molecule is COC(=O)C[C@@H](NC(=O)c1cc2c(OC)c(OC)c(OC(C)C)cc2cc1O)c1ccc(O)c(Cl)n1. The molecule has 1 heterocycles. The Morgan fingerprint density at radius 3 is 2.31 bits per heavy atom. The first-order chi connectivity index (χ1) is 17.1. The van der Waals surface area contributed by atoms with Crippen LogP contribution in [0.25, 0.3) is 10.8 Å². The number of methoxy groups -OCH3 is 3. The molecule has 0 radical (unpaired) electrons. The van der Waals surface area contributed by atoms with Gasteiger partial charge in [-0.1, -0.05) is 11.6 Å². The Bertz CT molecular complexity index is 1300. The largest absolute Gasteiger partial charge is 0.507 e. The van der Waals surface area contributed by atoms with Gasteiger partial charge in [0.05, 0.1) is 51.2 Å². The lowest BCUT2D eigenvalue weighted by Crippen LogP contribution is -2.31. The standard InChI is InChI=1S/C25H27ClN2O8/c1-12(2)36-20-9-13-8-19(30)15(10-14(13)22(34-4)23(20)35-5)25(32)28-17(11-21(31)33-3)16-6-7-18(29)24(26)27-16/h6-10,12,17,29-30H,11H2,1-5H3,(H,28,32)/t17-/m1/s1. The summed E-state index contributed by atoms with van der Waals surface area (Å²) in [7, 11) is 4.14. The number of fused-ring (bicyclic) bond motifs is 1. The maximum Gasteiger partial charge on any atom is 0.308 e. The molecule has 0 unspecified atom stereocenters. The number of halogens is 1. The number of carbonyl (C=O) groups excluding carboxylic acids is 2. The molecule has 1 amide bonds. The lowest BCUT2D eigenvalue weighted by molar-refractivity contribution is -0.141. The van der Waals surface area contributed by atoms with Gasteiger partial charge < -0.3 is 34.5 Å². The highest BCUT2D eigenvalue weighted by Crippen LogP contribution is 2.45. The van der Waals surface area contributed by atoms with Gasteiger partial charge in [0.2, 0.25) is 5.75 Å². The zero-order chi connectivity index (χ0) is 26.6. The molecule has 0 aliphatic carbocycles. The van der Waals surface area contributed by atoms with E-state index in [2.05, 4.69) is 10.3 Å². The molecule has 0 bridgehead atoms. The Hall–Kier alpha value is -3.92. The van der Waals surface area contributed by atoms with Gasteiger partial charge in [0.1, 0.15) is 5.75 Å². The lowest BCUT2D eigenvalue weighted by atomic mass is 10.0. The second-order valence-electron chi connectivity index (χ2n) is 8.05. The average molecular weight is 519 g/mol. The van der Waals surface area contributed by atoms with Crippen molar-refractivity contribution in [1.29, 1.82) is 0 Å². The maximum absolute atomic E-state index is 13.3. The highest BCUT2D eigenvalue weighted by molar-refractivity contribution is 6.30. The third kappa shape index (κ3) is 5.65. The van der Waals surface area contributed by atoms with Crippen LogP contribution in [-0.2, 0) is 9.53 Å². The number of aromatic hydroxyl groups is 2. The molecule has 11 heteroatoms. The molecule has 3 rings (SSSR count). The van der Waals surface area contributed by atoms with Crippen molar-refractivity contribution >= 4 is 34.2 Å². The minimum Gasteiger partial charge on any atom is -0.507 e. The molecule has 3 aromatic rings. The topological polar surface area (TPSA) is 136 Å². The first-order valence-corrected chi connectivity index (χ1v) is 11.3. The third-order valence-corrected chi connectivity index (χ3v) is 5.53. The number of pyridine rings is 1. The Morgan fingerprint density at radius 1 is 1.03 bits per heavy atom. The number of esters is 1. The van der Waals surface area contributed by atoms with Crippen LogP contribution >= 0.6 is 11.6 Å². The number of hydrogen-bond donors (Lipinski definition) is 3. The average Bonchev–Trinajstić information content (AvgIpc) is 2.83. The van der Waals surface area contributed by atoms with Crippen LogP contribution in [0.15, 0.2) is 30.3 Å². The molecule has 0 saturated heterocycles. The van der Waals surface area contributed by atoms with Gasteiger partial charge in [0.15, 0.2) is 22.4 Å². The fraction of sp³-hybridized carbons (Fsp3) is 0.320. The van der Waals surface area contributed by atoms with Gasteiger partial charge in [-0.15, -0.1) is 0 Å². The molecule has 1 aromatic heterocycles. The number of ether oxygens (including phenoxy) is 4. The Morgan fingerprint density at radius 2 is 1.72 bits per heavy atom. The molecule has 0 aliphatic heterocycles. The van der Waals surface area contributed by atoms with E-state index >= 15 is 0 Å². The molecule has 10 nitrogen and oxygen atoms in total. The number of amides is 1. The number of nitrogens with one attached hydrogen (secondary N) is 1. The lowest BCUT2D eigenvalue weighted by Gasteiger charge is -2.20. The van der Waals surface area contributed by atoms with Gasteiger partial charge in [0, 0.05) is 5.39 Å². The summed E-state index contributed by atoms with van der Waals surface area (Å²) in [6, 6.07) is 6.29. The van der Waals surface area contributed by atoms with Crippen molar-refractivity contribution in [2.24, 2.45) is 0 Å². The van der Waals surface area contributed by atoms with Crippen LogP contribution in [-0.4, -0.2) is 54.5 Å². The van der Waals surface area contributed by atoms with Gasteiger partial charge in [0.25, 0.3) is 5.91 Å². The van der Waals surface area contributed by atoms with Gasteiger partial charge >= 0.3 is 5.97 Å². The summed E-state index contributed by atoms with van der Waals surface area (Å²) in [5, 5.41) is 23.9. The fourth-order valence-corrected chi connectivity index (χ4v) is 3.79. The van der Waals surface area contributed by atoms with Crippen LogP contribution in [0.2, 0.25) is 5.15 Å². The smallest absolute Gasteiger partial charge is 0.308 e. The fourth-order valence-electron chi connectivity index (χ4n) is 3.63. The van der Waals surface area contributed by atoms with Crippen LogP contribution < -0.4 is 19.5 Å². The van der Waals surface area contributed by atoms with Crippen LogP contribution in [0.4, 0.5) is 0 Å². The summed E-state index contributed by atoms with van der Waals surface area (Å²) in [4.78, 5) is 29.3. The highest BCUT2D eigenvalue weighted by atomic mass is 35.5. The minimum atomic E-state index is -0.962. The summed E-state index contributed by atoms with van der Waals surface area (Å²) in [5.41, 5.74) is 0.131. The molecule has 0 fully saturated rings. The molecule has 192 valence electrons. The van der Waals surface area contributed by atoms with Crippen molar-refractivity contribution in [3.8, 4) is 28.7 Å². The predicted octanol–water partition coefficient (Wildman–Crippen LogP) is 4.14. The number of hydrogen-bond acceptors (Lipinski definition) is 9. The first kappa shape index (κ1) is 26.7. The summed E-state index contributed by atoms with van der Waals surface area (Å²) in [6.07, 6.45) is -0.411. The van der Waals surface area contributed by atoms with E-state index < -0.39 is 17.9 Å². The van der Waals surface area contributed by atoms with E-state index in [0.29, 0.717) is 28.0 Å². The monoisotopic (exact) mass is 518 g/mol. The van der Waals surface area contributed by atoms with E-state index in [1.54, 1.807) is 6.07 Å². The van der Waals surface area contributed by atoms with Gasteiger partial charge in [-0.3, -0.25) is 9.59 Å². The molecule has 1 atom stereocenters.